The number of hydrogen-bond donors (Lipinski definition) is 2. The summed E-state index contributed by atoms with van der Waals surface area (Å²) in [6.45, 7) is 1.46. The third-order valence-electron chi connectivity index (χ3n) is 2.93. The molecule has 18 heavy (non-hydrogen) atoms. The lowest BCUT2D eigenvalue weighted by Gasteiger charge is -2.09. The van der Waals surface area contributed by atoms with E-state index in [1.54, 1.807) is 0 Å². The van der Waals surface area contributed by atoms with E-state index < -0.39 is 0 Å². The van der Waals surface area contributed by atoms with Crippen LogP contribution in [-0.2, 0) is 6.54 Å². The molecule has 3 heteroatoms. The van der Waals surface area contributed by atoms with Gasteiger partial charge in [0.05, 0.1) is 6.07 Å². The average Bonchev–Trinajstić information content (AvgIpc) is 2.43. The SMILES string of the molecule is N#CCCNCc1ccc(C=N)c2ccccc12. The van der Waals surface area contributed by atoms with Gasteiger partial charge in [-0.2, -0.15) is 5.26 Å². The third-order valence-corrected chi connectivity index (χ3v) is 2.93. The van der Waals surface area contributed by atoms with Gasteiger partial charge in [0.15, 0.2) is 0 Å². The van der Waals surface area contributed by atoms with Crippen LogP contribution in [0.25, 0.3) is 10.8 Å². The Kier molecular flexibility index (Phi) is 4.06. The standard InChI is InChI=1S/C15H15N3/c16-8-3-9-18-11-13-7-6-12(10-17)14-4-1-2-5-15(13)14/h1-2,4-7,10,17-18H,3,9,11H2. The third kappa shape index (κ3) is 2.55. The Hall–Kier alpha value is -2.18. The predicted octanol–water partition coefficient (Wildman–Crippen LogP) is 2.84. The van der Waals surface area contributed by atoms with E-state index in [0.29, 0.717) is 13.0 Å². The van der Waals surface area contributed by atoms with Gasteiger partial charge in [-0.05, 0) is 21.9 Å². The van der Waals surface area contributed by atoms with Crippen molar-refractivity contribution in [1.29, 1.82) is 10.7 Å². The van der Waals surface area contributed by atoms with Gasteiger partial charge < -0.3 is 10.7 Å². The van der Waals surface area contributed by atoms with Gasteiger partial charge in [-0.15, -0.1) is 0 Å². The Balaban J connectivity index is 2.29. The van der Waals surface area contributed by atoms with Gasteiger partial charge in [-0.3, -0.25) is 0 Å². The molecule has 90 valence electrons. The number of benzene rings is 2. The first-order chi connectivity index (χ1) is 8.86. The minimum Gasteiger partial charge on any atom is -0.312 e. The van der Waals surface area contributed by atoms with E-state index in [0.717, 1.165) is 17.5 Å². The van der Waals surface area contributed by atoms with Crippen LogP contribution in [0.15, 0.2) is 36.4 Å². The summed E-state index contributed by atoms with van der Waals surface area (Å²) in [5.74, 6) is 0. The fourth-order valence-electron chi connectivity index (χ4n) is 2.03. The maximum Gasteiger partial charge on any atom is 0.0635 e. The largest absolute Gasteiger partial charge is 0.312 e. The van der Waals surface area contributed by atoms with Gasteiger partial charge in [0.1, 0.15) is 0 Å². The van der Waals surface area contributed by atoms with E-state index in [-0.39, 0.29) is 0 Å². The molecule has 0 saturated carbocycles. The van der Waals surface area contributed by atoms with Crippen LogP contribution in [-0.4, -0.2) is 12.8 Å². The van der Waals surface area contributed by atoms with Gasteiger partial charge in [-0.1, -0.05) is 36.4 Å². The van der Waals surface area contributed by atoms with Gasteiger partial charge >= 0.3 is 0 Å². The van der Waals surface area contributed by atoms with Crippen molar-refractivity contribution in [2.75, 3.05) is 6.54 Å². The fraction of sp³-hybridized carbons (Fsp3) is 0.200. The minimum absolute atomic E-state index is 0.524. The van der Waals surface area contributed by atoms with E-state index in [1.807, 2.05) is 30.3 Å². The Morgan fingerprint density at radius 1 is 1.17 bits per heavy atom. The predicted molar refractivity (Wildman–Crippen MR) is 73.8 cm³/mol. The van der Waals surface area contributed by atoms with Crippen LogP contribution in [0.1, 0.15) is 17.5 Å². The van der Waals surface area contributed by atoms with Crippen molar-refractivity contribution < 1.29 is 0 Å². The van der Waals surface area contributed by atoms with Gasteiger partial charge in [0.2, 0.25) is 0 Å². The van der Waals surface area contributed by atoms with Crippen molar-refractivity contribution in [3.05, 3.63) is 47.5 Å². The summed E-state index contributed by atoms with van der Waals surface area (Å²) >= 11 is 0. The van der Waals surface area contributed by atoms with Crippen LogP contribution in [0.5, 0.6) is 0 Å². The Morgan fingerprint density at radius 3 is 2.67 bits per heavy atom. The summed E-state index contributed by atoms with van der Waals surface area (Å²) in [6, 6.07) is 14.2. The second kappa shape index (κ2) is 5.95. The number of nitrogens with one attached hydrogen (secondary N) is 2. The molecule has 3 nitrogen and oxygen atoms in total. The van der Waals surface area contributed by atoms with Crippen LogP contribution >= 0.6 is 0 Å². The first-order valence-electron chi connectivity index (χ1n) is 5.95. The number of nitrogens with zero attached hydrogens (tertiary/aromatic N) is 1. The zero-order valence-corrected chi connectivity index (χ0v) is 10.1. The molecule has 0 spiro atoms. The maximum atomic E-state index is 8.49. The molecule has 0 unspecified atom stereocenters. The van der Waals surface area contributed by atoms with Gasteiger partial charge in [0.25, 0.3) is 0 Å². The van der Waals surface area contributed by atoms with E-state index in [4.69, 9.17) is 10.7 Å². The Labute approximate surface area is 107 Å². The summed E-state index contributed by atoms with van der Waals surface area (Å²) in [7, 11) is 0. The van der Waals surface area contributed by atoms with Gasteiger partial charge in [-0.25, -0.2) is 0 Å². The molecule has 0 aliphatic heterocycles. The summed E-state index contributed by atoms with van der Waals surface area (Å²) in [6.07, 6.45) is 1.91. The lowest BCUT2D eigenvalue weighted by atomic mass is 10.00. The molecule has 0 heterocycles. The normalized spacial score (nSPS) is 10.2. The van der Waals surface area contributed by atoms with E-state index in [1.165, 1.54) is 17.2 Å². The number of nitriles is 1. The number of hydrogen-bond acceptors (Lipinski definition) is 3. The molecule has 2 rings (SSSR count). The molecule has 0 fully saturated rings. The van der Waals surface area contributed by atoms with Crippen molar-refractivity contribution in [3.8, 4) is 6.07 Å². The molecule has 0 aliphatic rings. The first kappa shape index (κ1) is 12.3. The highest BCUT2D eigenvalue weighted by Gasteiger charge is 2.03. The Bertz CT molecular complexity index is 596. The van der Waals surface area contributed by atoms with Crippen molar-refractivity contribution >= 4 is 17.0 Å². The molecule has 0 saturated heterocycles. The second-order valence-electron chi connectivity index (χ2n) is 4.09. The first-order valence-corrected chi connectivity index (χ1v) is 5.95. The molecular weight excluding hydrogens is 222 g/mol. The number of rotatable bonds is 5. The highest BCUT2D eigenvalue weighted by Crippen LogP contribution is 2.21. The molecule has 2 aromatic rings. The van der Waals surface area contributed by atoms with Gasteiger partial charge in [0, 0.05) is 25.7 Å². The van der Waals surface area contributed by atoms with Crippen LogP contribution < -0.4 is 5.32 Å². The van der Waals surface area contributed by atoms with E-state index >= 15 is 0 Å². The zero-order chi connectivity index (χ0) is 12.8. The summed E-state index contributed by atoms with van der Waals surface area (Å²) in [5.41, 5.74) is 2.14. The van der Waals surface area contributed by atoms with Crippen molar-refractivity contribution in [2.45, 2.75) is 13.0 Å². The summed E-state index contributed by atoms with van der Waals surface area (Å²) in [5, 5.41) is 21.4. The monoisotopic (exact) mass is 237 g/mol. The quantitative estimate of drug-likeness (QED) is 0.620. The van der Waals surface area contributed by atoms with Crippen molar-refractivity contribution in [2.24, 2.45) is 0 Å². The highest BCUT2D eigenvalue weighted by molar-refractivity contribution is 6.00. The molecular formula is C15H15N3. The summed E-state index contributed by atoms with van der Waals surface area (Å²) < 4.78 is 0. The molecule has 2 N–H and O–H groups in total. The lowest BCUT2D eigenvalue weighted by molar-refractivity contribution is 0.702. The Morgan fingerprint density at radius 2 is 1.94 bits per heavy atom. The molecule has 0 aromatic heterocycles. The molecule has 0 radical (unpaired) electrons. The lowest BCUT2D eigenvalue weighted by Crippen LogP contribution is -2.14. The van der Waals surface area contributed by atoms with E-state index in [2.05, 4.69) is 17.5 Å². The van der Waals surface area contributed by atoms with Crippen LogP contribution in [0.4, 0.5) is 0 Å². The fourth-order valence-corrected chi connectivity index (χ4v) is 2.03. The molecule has 0 amide bonds. The average molecular weight is 237 g/mol. The highest BCUT2D eigenvalue weighted by atomic mass is 14.8. The molecule has 2 aromatic carbocycles. The maximum absolute atomic E-state index is 8.49. The van der Waals surface area contributed by atoms with Crippen molar-refractivity contribution in [3.63, 3.8) is 0 Å². The van der Waals surface area contributed by atoms with Crippen LogP contribution in [0.2, 0.25) is 0 Å². The topological polar surface area (TPSA) is 59.7 Å². The van der Waals surface area contributed by atoms with Crippen LogP contribution in [0, 0.1) is 16.7 Å². The minimum atomic E-state index is 0.524. The zero-order valence-electron chi connectivity index (χ0n) is 10.1. The smallest absolute Gasteiger partial charge is 0.0635 e. The van der Waals surface area contributed by atoms with Crippen molar-refractivity contribution in [1.82, 2.24) is 5.32 Å². The summed E-state index contributed by atoms with van der Waals surface area (Å²) in [4.78, 5) is 0. The van der Waals surface area contributed by atoms with Crippen LogP contribution in [0.3, 0.4) is 0 Å². The molecule has 0 atom stereocenters. The molecule has 0 bridgehead atoms. The number of fused-ring (bicyclic) bond motifs is 1. The van der Waals surface area contributed by atoms with E-state index in [9.17, 15) is 0 Å². The molecule has 0 aliphatic carbocycles. The second-order valence-corrected chi connectivity index (χ2v) is 4.09.